The molecule has 0 saturated carbocycles. The molecule has 4 nitrogen and oxygen atoms in total. The van der Waals surface area contributed by atoms with Gasteiger partial charge in [0, 0.05) is 19.1 Å². The number of ether oxygens (including phenoxy) is 1. The summed E-state index contributed by atoms with van der Waals surface area (Å²) in [6, 6.07) is 0.113. The van der Waals surface area contributed by atoms with Gasteiger partial charge in [0.1, 0.15) is 5.60 Å². The van der Waals surface area contributed by atoms with Gasteiger partial charge in [-0.3, -0.25) is 0 Å². The largest absolute Gasteiger partial charge is 0.444 e. The second kappa shape index (κ2) is 6.98. The van der Waals surface area contributed by atoms with Gasteiger partial charge in [-0.2, -0.15) is 0 Å². The van der Waals surface area contributed by atoms with E-state index in [1.165, 1.54) is 0 Å². The van der Waals surface area contributed by atoms with Crippen molar-refractivity contribution in [2.24, 2.45) is 5.41 Å². The van der Waals surface area contributed by atoms with Crippen LogP contribution < -0.4 is 10.6 Å². The standard InChI is InChI=1S/C14H30N2O2/c1-8-11(9-15-10-13(2,3)4)16-12(17)18-14(5,6)7/h11,15H,8-10H2,1-7H3,(H,16,17). The normalized spacial score (nSPS) is 14.2. The summed E-state index contributed by atoms with van der Waals surface area (Å²) in [6.45, 7) is 15.9. The van der Waals surface area contributed by atoms with Crippen molar-refractivity contribution in [2.45, 2.75) is 66.5 Å². The molecule has 0 radical (unpaired) electrons. The lowest BCUT2D eigenvalue weighted by Gasteiger charge is -2.25. The number of hydrogen-bond donors (Lipinski definition) is 2. The summed E-state index contributed by atoms with van der Waals surface area (Å²) in [7, 11) is 0. The molecule has 1 unspecified atom stereocenters. The quantitative estimate of drug-likeness (QED) is 0.797. The molecular weight excluding hydrogens is 228 g/mol. The lowest BCUT2D eigenvalue weighted by molar-refractivity contribution is 0.0502. The Kier molecular flexibility index (Phi) is 6.68. The summed E-state index contributed by atoms with van der Waals surface area (Å²) >= 11 is 0. The molecule has 4 heteroatoms. The van der Waals surface area contributed by atoms with E-state index >= 15 is 0 Å². The van der Waals surface area contributed by atoms with Gasteiger partial charge >= 0.3 is 6.09 Å². The van der Waals surface area contributed by atoms with Crippen LogP contribution in [0, 0.1) is 5.41 Å². The van der Waals surface area contributed by atoms with Crippen molar-refractivity contribution < 1.29 is 9.53 Å². The SMILES string of the molecule is CCC(CNCC(C)(C)C)NC(=O)OC(C)(C)C. The van der Waals surface area contributed by atoms with Crippen LogP contribution in [0.25, 0.3) is 0 Å². The number of nitrogens with one attached hydrogen (secondary N) is 2. The predicted molar refractivity (Wildman–Crippen MR) is 75.8 cm³/mol. The Balaban J connectivity index is 4.00. The Morgan fingerprint density at radius 2 is 1.72 bits per heavy atom. The van der Waals surface area contributed by atoms with E-state index in [-0.39, 0.29) is 17.6 Å². The third-order valence-electron chi connectivity index (χ3n) is 2.26. The second-order valence-electron chi connectivity index (χ2n) is 6.94. The summed E-state index contributed by atoms with van der Waals surface area (Å²) in [4.78, 5) is 11.6. The van der Waals surface area contributed by atoms with Crippen LogP contribution in [0.4, 0.5) is 4.79 Å². The van der Waals surface area contributed by atoms with Crippen LogP contribution in [0.5, 0.6) is 0 Å². The Hall–Kier alpha value is -0.770. The topological polar surface area (TPSA) is 50.4 Å². The van der Waals surface area contributed by atoms with Crippen molar-refractivity contribution >= 4 is 6.09 Å². The highest BCUT2D eigenvalue weighted by molar-refractivity contribution is 5.68. The molecule has 2 N–H and O–H groups in total. The molecule has 0 spiro atoms. The fourth-order valence-electron chi connectivity index (χ4n) is 1.39. The molecule has 0 heterocycles. The molecule has 0 aliphatic rings. The zero-order valence-electron chi connectivity index (χ0n) is 13.0. The highest BCUT2D eigenvalue weighted by Crippen LogP contribution is 2.10. The first kappa shape index (κ1) is 17.2. The zero-order valence-corrected chi connectivity index (χ0v) is 13.0. The Bertz CT molecular complexity index is 252. The number of hydrogen-bond acceptors (Lipinski definition) is 3. The molecule has 0 aromatic rings. The molecule has 0 fully saturated rings. The van der Waals surface area contributed by atoms with Gasteiger partial charge in [0.15, 0.2) is 0 Å². The van der Waals surface area contributed by atoms with Gasteiger partial charge in [-0.05, 0) is 32.6 Å². The highest BCUT2D eigenvalue weighted by atomic mass is 16.6. The average molecular weight is 258 g/mol. The van der Waals surface area contributed by atoms with E-state index in [0.717, 1.165) is 19.5 Å². The van der Waals surface area contributed by atoms with E-state index in [4.69, 9.17) is 4.74 Å². The minimum atomic E-state index is -0.443. The zero-order chi connectivity index (χ0) is 14.4. The van der Waals surface area contributed by atoms with Gasteiger partial charge in [-0.25, -0.2) is 4.79 Å². The van der Waals surface area contributed by atoms with Gasteiger partial charge in [0.2, 0.25) is 0 Å². The summed E-state index contributed by atoms with van der Waals surface area (Å²) < 4.78 is 5.24. The third kappa shape index (κ3) is 10.4. The average Bonchev–Trinajstić information content (AvgIpc) is 2.11. The van der Waals surface area contributed by atoms with E-state index in [0.29, 0.717) is 0 Å². The Morgan fingerprint density at radius 1 is 1.17 bits per heavy atom. The molecule has 1 atom stereocenters. The van der Waals surface area contributed by atoms with E-state index in [1.54, 1.807) is 0 Å². The second-order valence-corrected chi connectivity index (χ2v) is 6.94. The van der Waals surface area contributed by atoms with Gasteiger partial charge < -0.3 is 15.4 Å². The van der Waals surface area contributed by atoms with E-state index in [1.807, 2.05) is 20.8 Å². The fraction of sp³-hybridized carbons (Fsp3) is 0.929. The van der Waals surface area contributed by atoms with E-state index in [2.05, 4.69) is 38.3 Å². The van der Waals surface area contributed by atoms with E-state index < -0.39 is 5.60 Å². The maximum absolute atomic E-state index is 11.6. The molecule has 0 bridgehead atoms. The molecule has 1 amide bonds. The minimum Gasteiger partial charge on any atom is -0.444 e. The molecule has 18 heavy (non-hydrogen) atoms. The fourth-order valence-corrected chi connectivity index (χ4v) is 1.39. The van der Waals surface area contributed by atoms with Crippen LogP contribution >= 0.6 is 0 Å². The van der Waals surface area contributed by atoms with Gasteiger partial charge in [0.25, 0.3) is 0 Å². The molecule has 0 saturated heterocycles. The number of amides is 1. The van der Waals surface area contributed by atoms with Crippen molar-refractivity contribution in [3.05, 3.63) is 0 Å². The number of rotatable bonds is 5. The summed E-state index contributed by atoms with van der Waals surface area (Å²) in [5, 5.41) is 6.26. The van der Waals surface area contributed by atoms with Crippen LogP contribution in [0.2, 0.25) is 0 Å². The number of carbonyl (C=O) groups excluding carboxylic acids is 1. The maximum atomic E-state index is 11.6. The van der Waals surface area contributed by atoms with E-state index in [9.17, 15) is 4.79 Å². The molecular formula is C14H30N2O2. The van der Waals surface area contributed by atoms with Gasteiger partial charge in [-0.15, -0.1) is 0 Å². The summed E-state index contributed by atoms with van der Waals surface area (Å²) in [6.07, 6.45) is 0.544. The monoisotopic (exact) mass is 258 g/mol. The molecule has 0 aliphatic heterocycles. The third-order valence-corrected chi connectivity index (χ3v) is 2.26. The molecule has 0 aromatic heterocycles. The maximum Gasteiger partial charge on any atom is 0.407 e. The first-order valence-electron chi connectivity index (χ1n) is 6.74. The van der Waals surface area contributed by atoms with Crippen molar-refractivity contribution in [1.82, 2.24) is 10.6 Å². The van der Waals surface area contributed by atoms with Gasteiger partial charge in [-0.1, -0.05) is 27.7 Å². The summed E-state index contributed by atoms with van der Waals surface area (Å²) in [5.41, 5.74) is -0.189. The number of alkyl carbamates (subject to hydrolysis) is 1. The smallest absolute Gasteiger partial charge is 0.407 e. The first-order valence-corrected chi connectivity index (χ1v) is 6.74. The lowest BCUT2D eigenvalue weighted by atomic mass is 9.97. The van der Waals surface area contributed by atoms with Crippen molar-refractivity contribution in [3.8, 4) is 0 Å². The van der Waals surface area contributed by atoms with Crippen molar-refractivity contribution in [2.75, 3.05) is 13.1 Å². The molecule has 0 aliphatic carbocycles. The van der Waals surface area contributed by atoms with Crippen molar-refractivity contribution in [1.29, 1.82) is 0 Å². The first-order chi connectivity index (χ1) is 8.03. The Morgan fingerprint density at radius 3 is 2.11 bits per heavy atom. The Labute approximate surface area is 112 Å². The number of carbonyl (C=O) groups is 1. The van der Waals surface area contributed by atoms with Gasteiger partial charge in [0.05, 0.1) is 0 Å². The van der Waals surface area contributed by atoms with Crippen LogP contribution in [0.1, 0.15) is 54.9 Å². The molecule has 108 valence electrons. The van der Waals surface area contributed by atoms with Crippen LogP contribution in [0.15, 0.2) is 0 Å². The summed E-state index contributed by atoms with van der Waals surface area (Å²) in [5.74, 6) is 0. The van der Waals surface area contributed by atoms with Crippen LogP contribution in [-0.2, 0) is 4.74 Å². The predicted octanol–water partition coefficient (Wildman–Crippen LogP) is 2.93. The highest BCUT2D eigenvalue weighted by Gasteiger charge is 2.19. The van der Waals surface area contributed by atoms with Crippen LogP contribution in [-0.4, -0.2) is 30.8 Å². The lowest BCUT2D eigenvalue weighted by Crippen LogP contribution is -2.45. The van der Waals surface area contributed by atoms with Crippen molar-refractivity contribution in [3.63, 3.8) is 0 Å². The molecule has 0 aromatic carbocycles. The minimum absolute atomic E-state index is 0.113. The molecule has 0 rings (SSSR count). The van der Waals surface area contributed by atoms with Crippen LogP contribution in [0.3, 0.4) is 0 Å².